The summed E-state index contributed by atoms with van der Waals surface area (Å²) in [6.07, 6.45) is 8.84. The van der Waals surface area contributed by atoms with Crippen molar-refractivity contribution in [1.82, 2.24) is 34.6 Å². The van der Waals surface area contributed by atoms with Crippen molar-refractivity contribution in [1.29, 1.82) is 0 Å². The van der Waals surface area contributed by atoms with E-state index in [4.69, 9.17) is 0 Å². The van der Waals surface area contributed by atoms with E-state index in [1.807, 2.05) is 19.3 Å². The van der Waals surface area contributed by atoms with Gasteiger partial charge in [-0.3, -0.25) is 14.6 Å². The van der Waals surface area contributed by atoms with Crippen LogP contribution in [0, 0.1) is 0 Å². The van der Waals surface area contributed by atoms with Gasteiger partial charge >= 0.3 is 0 Å². The predicted molar refractivity (Wildman–Crippen MR) is 102 cm³/mol. The minimum absolute atomic E-state index is 0.637. The molecular formula is C18H23N9. The lowest BCUT2D eigenvalue weighted by Crippen LogP contribution is -2.33. The van der Waals surface area contributed by atoms with Gasteiger partial charge in [-0.05, 0) is 13.0 Å². The van der Waals surface area contributed by atoms with Crippen LogP contribution < -0.4 is 10.6 Å². The van der Waals surface area contributed by atoms with Crippen LogP contribution in [0.4, 0.5) is 11.8 Å². The van der Waals surface area contributed by atoms with Crippen LogP contribution in [-0.4, -0.2) is 47.7 Å². The van der Waals surface area contributed by atoms with Gasteiger partial charge in [0.15, 0.2) is 0 Å². The van der Waals surface area contributed by atoms with E-state index in [-0.39, 0.29) is 0 Å². The minimum Gasteiger partial charge on any atom is -0.363 e. The van der Waals surface area contributed by atoms with Gasteiger partial charge in [-0.25, -0.2) is 15.0 Å². The van der Waals surface area contributed by atoms with Gasteiger partial charge in [0.05, 0.1) is 30.7 Å². The average molecular weight is 365 g/mol. The molecule has 0 fully saturated rings. The van der Waals surface area contributed by atoms with E-state index in [9.17, 15) is 0 Å². The van der Waals surface area contributed by atoms with Gasteiger partial charge in [-0.1, -0.05) is 0 Å². The first-order valence-corrected chi connectivity index (χ1v) is 9.13. The number of hydrogen-bond acceptors (Lipinski definition) is 8. The van der Waals surface area contributed by atoms with Crippen LogP contribution >= 0.6 is 0 Å². The summed E-state index contributed by atoms with van der Waals surface area (Å²) in [5.41, 5.74) is 3.35. The Morgan fingerprint density at radius 1 is 1.04 bits per heavy atom. The maximum atomic E-state index is 4.69. The van der Waals surface area contributed by atoms with Crippen LogP contribution in [0.2, 0.25) is 0 Å². The zero-order valence-electron chi connectivity index (χ0n) is 15.3. The summed E-state index contributed by atoms with van der Waals surface area (Å²) in [4.78, 5) is 19.4. The molecule has 9 nitrogen and oxygen atoms in total. The third-order valence-electron chi connectivity index (χ3n) is 4.39. The molecular weight excluding hydrogens is 342 g/mol. The van der Waals surface area contributed by atoms with Crippen LogP contribution in [0.3, 0.4) is 0 Å². The summed E-state index contributed by atoms with van der Waals surface area (Å²) in [6, 6.07) is 2.15. The molecule has 0 saturated heterocycles. The van der Waals surface area contributed by atoms with E-state index in [0.717, 1.165) is 49.8 Å². The lowest BCUT2D eigenvalue weighted by atomic mass is 10.2. The summed E-state index contributed by atoms with van der Waals surface area (Å²) in [5, 5.41) is 11.1. The second-order valence-electron chi connectivity index (χ2n) is 6.45. The molecule has 4 heterocycles. The van der Waals surface area contributed by atoms with Crippen LogP contribution in [-0.2, 0) is 26.2 Å². The Bertz CT molecular complexity index is 860. The molecule has 27 heavy (non-hydrogen) atoms. The Kier molecular flexibility index (Phi) is 5.20. The number of nitrogens with one attached hydrogen (secondary N) is 2. The molecule has 4 rings (SSSR count). The van der Waals surface area contributed by atoms with E-state index in [1.54, 1.807) is 18.6 Å². The predicted octanol–water partition coefficient (Wildman–Crippen LogP) is 1.52. The van der Waals surface area contributed by atoms with Gasteiger partial charge in [-0.15, -0.1) is 0 Å². The third kappa shape index (κ3) is 4.37. The van der Waals surface area contributed by atoms with Crippen molar-refractivity contribution < 1.29 is 0 Å². The topological polar surface area (TPSA) is 96.7 Å². The molecule has 1 aliphatic heterocycles. The number of rotatable bonds is 7. The van der Waals surface area contributed by atoms with Crippen molar-refractivity contribution in [2.45, 2.75) is 33.1 Å². The molecule has 0 amide bonds. The zero-order chi connectivity index (χ0) is 18.5. The molecule has 0 unspecified atom stereocenters. The van der Waals surface area contributed by atoms with Gasteiger partial charge < -0.3 is 10.6 Å². The second kappa shape index (κ2) is 8.09. The first-order chi connectivity index (χ1) is 13.3. The van der Waals surface area contributed by atoms with E-state index in [0.29, 0.717) is 12.5 Å². The quantitative estimate of drug-likeness (QED) is 0.651. The van der Waals surface area contributed by atoms with Crippen LogP contribution in [0.15, 0.2) is 37.1 Å². The fourth-order valence-corrected chi connectivity index (χ4v) is 3.12. The van der Waals surface area contributed by atoms with E-state index < -0.39 is 0 Å². The Hall–Kier alpha value is -3.07. The van der Waals surface area contributed by atoms with Gasteiger partial charge in [-0.2, -0.15) is 5.10 Å². The van der Waals surface area contributed by atoms with E-state index >= 15 is 0 Å². The molecule has 0 saturated carbocycles. The lowest BCUT2D eigenvalue weighted by Gasteiger charge is -2.27. The van der Waals surface area contributed by atoms with Gasteiger partial charge in [0.2, 0.25) is 5.95 Å². The molecule has 2 N–H and O–H groups in total. The Balaban J connectivity index is 1.34. The molecule has 0 radical (unpaired) electrons. The molecule has 0 bridgehead atoms. The number of hydrogen-bond donors (Lipinski definition) is 2. The monoisotopic (exact) mass is 365 g/mol. The van der Waals surface area contributed by atoms with Crippen molar-refractivity contribution in [3.8, 4) is 0 Å². The average Bonchev–Trinajstić information content (AvgIpc) is 3.11. The molecule has 1 aliphatic rings. The van der Waals surface area contributed by atoms with Gasteiger partial charge in [0.1, 0.15) is 5.82 Å². The maximum Gasteiger partial charge on any atom is 0.222 e. The highest BCUT2D eigenvalue weighted by atomic mass is 15.3. The molecule has 140 valence electrons. The van der Waals surface area contributed by atoms with E-state index in [2.05, 4.69) is 51.3 Å². The third-order valence-corrected chi connectivity index (χ3v) is 4.39. The highest BCUT2D eigenvalue weighted by Gasteiger charge is 2.18. The smallest absolute Gasteiger partial charge is 0.222 e. The van der Waals surface area contributed by atoms with Crippen molar-refractivity contribution in [2.24, 2.45) is 0 Å². The highest BCUT2D eigenvalue weighted by Crippen LogP contribution is 2.16. The Labute approximate surface area is 157 Å². The standard InChI is InChI=1S/C18H23N9/c1-2-20-18-23-8-14(9-24-18)12-26-5-6-27-16(13-26)7-15(25-27)10-22-17-11-19-3-4-21-17/h3-4,7-9,11H,2,5-6,10,12-13H2,1H3,(H,21,22)(H,20,23,24). The largest absolute Gasteiger partial charge is 0.363 e. The summed E-state index contributed by atoms with van der Waals surface area (Å²) in [5.74, 6) is 1.43. The lowest BCUT2D eigenvalue weighted by molar-refractivity contribution is 0.204. The van der Waals surface area contributed by atoms with E-state index in [1.165, 1.54) is 5.69 Å². The van der Waals surface area contributed by atoms with Crippen LogP contribution in [0.5, 0.6) is 0 Å². The SMILES string of the molecule is CCNc1ncc(CN2CCn3nc(CNc4cnccn4)cc3C2)cn1. The summed E-state index contributed by atoms with van der Waals surface area (Å²) in [7, 11) is 0. The highest BCUT2D eigenvalue weighted by molar-refractivity contribution is 5.31. The minimum atomic E-state index is 0.637. The number of fused-ring (bicyclic) bond motifs is 1. The zero-order valence-corrected chi connectivity index (χ0v) is 15.3. The number of nitrogens with zero attached hydrogens (tertiary/aromatic N) is 7. The van der Waals surface area contributed by atoms with Crippen molar-refractivity contribution in [3.63, 3.8) is 0 Å². The van der Waals surface area contributed by atoms with Crippen molar-refractivity contribution in [2.75, 3.05) is 23.7 Å². The molecule has 3 aromatic rings. The summed E-state index contributed by atoms with van der Waals surface area (Å²) in [6.45, 7) is 7.04. The first-order valence-electron chi connectivity index (χ1n) is 9.13. The molecule has 0 spiro atoms. The molecule has 0 aliphatic carbocycles. The Morgan fingerprint density at radius 2 is 1.93 bits per heavy atom. The summed E-state index contributed by atoms with van der Waals surface area (Å²) >= 11 is 0. The summed E-state index contributed by atoms with van der Waals surface area (Å²) < 4.78 is 2.09. The van der Waals surface area contributed by atoms with Crippen molar-refractivity contribution in [3.05, 3.63) is 54.0 Å². The van der Waals surface area contributed by atoms with Crippen LogP contribution in [0.25, 0.3) is 0 Å². The Morgan fingerprint density at radius 3 is 2.70 bits per heavy atom. The molecule has 9 heteroatoms. The van der Waals surface area contributed by atoms with Gasteiger partial charge in [0.25, 0.3) is 0 Å². The van der Waals surface area contributed by atoms with Gasteiger partial charge in [0, 0.05) is 56.5 Å². The number of aromatic nitrogens is 6. The maximum absolute atomic E-state index is 4.69. The second-order valence-corrected chi connectivity index (χ2v) is 6.45. The molecule has 0 aromatic carbocycles. The molecule has 3 aromatic heterocycles. The fourth-order valence-electron chi connectivity index (χ4n) is 3.12. The normalized spacial score (nSPS) is 14.0. The molecule has 0 atom stereocenters. The fraction of sp³-hybridized carbons (Fsp3) is 0.389. The van der Waals surface area contributed by atoms with Crippen LogP contribution in [0.1, 0.15) is 23.9 Å². The number of anilines is 2. The van der Waals surface area contributed by atoms with Crippen molar-refractivity contribution >= 4 is 11.8 Å². The first kappa shape index (κ1) is 17.3.